The molecule has 0 heterocycles. The first-order valence-corrected chi connectivity index (χ1v) is 9.32. The van der Waals surface area contributed by atoms with Gasteiger partial charge in [0.15, 0.2) is 0 Å². The van der Waals surface area contributed by atoms with Crippen LogP contribution in [0.25, 0.3) is 0 Å². The van der Waals surface area contributed by atoms with Gasteiger partial charge < -0.3 is 10.1 Å². The Morgan fingerprint density at radius 3 is 2.44 bits per heavy atom. The fourth-order valence-corrected chi connectivity index (χ4v) is 2.70. The molecule has 0 saturated heterocycles. The third kappa shape index (κ3) is 9.15. The minimum Gasteiger partial charge on any atom is -0.489 e. The van der Waals surface area contributed by atoms with Gasteiger partial charge in [-0.3, -0.25) is 0 Å². The van der Waals surface area contributed by atoms with Crippen molar-refractivity contribution in [2.45, 2.75) is 52.2 Å². The minimum atomic E-state index is 0. The first-order chi connectivity index (χ1) is 11.8. The molecule has 138 valence electrons. The van der Waals surface area contributed by atoms with E-state index in [1.807, 2.05) is 30.3 Å². The standard InChI is InChI=1S/C21H28ClNO.ClH/c1-2-3-4-5-6-14-23-16-19-8-7-9-21(15-19)24-17-18-10-12-20(22)13-11-18;/h7-13,15,23H,2-6,14,16-17H2,1H3;1H. The van der Waals surface area contributed by atoms with Gasteiger partial charge >= 0.3 is 0 Å². The summed E-state index contributed by atoms with van der Waals surface area (Å²) in [6.07, 6.45) is 6.59. The van der Waals surface area contributed by atoms with Crippen molar-refractivity contribution >= 4 is 24.0 Å². The molecule has 0 aromatic heterocycles. The number of unbranched alkanes of at least 4 members (excludes halogenated alkanes) is 4. The van der Waals surface area contributed by atoms with Gasteiger partial charge in [0.1, 0.15) is 12.4 Å². The van der Waals surface area contributed by atoms with E-state index in [0.717, 1.165) is 29.4 Å². The van der Waals surface area contributed by atoms with Gasteiger partial charge in [-0.1, -0.05) is 68.5 Å². The first kappa shape index (κ1) is 21.8. The lowest BCUT2D eigenvalue weighted by Crippen LogP contribution is -2.14. The van der Waals surface area contributed by atoms with Crippen LogP contribution in [0.3, 0.4) is 0 Å². The summed E-state index contributed by atoms with van der Waals surface area (Å²) in [5.74, 6) is 0.909. The van der Waals surface area contributed by atoms with Gasteiger partial charge in [0.25, 0.3) is 0 Å². The summed E-state index contributed by atoms with van der Waals surface area (Å²) >= 11 is 5.90. The average molecular weight is 382 g/mol. The van der Waals surface area contributed by atoms with Gasteiger partial charge in [0.2, 0.25) is 0 Å². The highest BCUT2D eigenvalue weighted by Gasteiger charge is 1.99. The highest BCUT2D eigenvalue weighted by Crippen LogP contribution is 2.16. The zero-order valence-electron chi connectivity index (χ0n) is 15.0. The van der Waals surface area contributed by atoms with Crippen LogP contribution < -0.4 is 10.1 Å². The number of nitrogens with one attached hydrogen (secondary N) is 1. The van der Waals surface area contributed by atoms with Crippen molar-refractivity contribution in [3.8, 4) is 5.75 Å². The molecule has 0 aliphatic heterocycles. The van der Waals surface area contributed by atoms with Crippen LogP contribution in [0, 0.1) is 0 Å². The summed E-state index contributed by atoms with van der Waals surface area (Å²) in [7, 11) is 0. The third-order valence-corrected chi connectivity index (χ3v) is 4.26. The van der Waals surface area contributed by atoms with E-state index < -0.39 is 0 Å². The molecule has 1 N–H and O–H groups in total. The van der Waals surface area contributed by atoms with Gasteiger partial charge in [-0.05, 0) is 48.4 Å². The highest BCUT2D eigenvalue weighted by atomic mass is 35.5. The Morgan fingerprint density at radius 2 is 1.68 bits per heavy atom. The Hall–Kier alpha value is -1.22. The van der Waals surface area contributed by atoms with E-state index in [9.17, 15) is 0 Å². The molecule has 0 fully saturated rings. The quantitative estimate of drug-likeness (QED) is 0.454. The zero-order chi connectivity index (χ0) is 17.0. The molecule has 0 saturated carbocycles. The Kier molecular flexibility index (Phi) is 11.4. The van der Waals surface area contributed by atoms with Gasteiger partial charge in [-0.15, -0.1) is 12.4 Å². The molecule has 0 aliphatic carbocycles. The molecule has 0 amide bonds. The molecule has 0 spiro atoms. The van der Waals surface area contributed by atoms with E-state index in [1.54, 1.807) is 0 Å². The summed E-state index contributed by atoms with van der Waals surface area (Å²) < 4.78 is 5.87. The fraction of sp³-hybridized carbons (Fsp3) is 0.429. The Labute approximate surface area is 163 Å². The van der Waals surface area contributed by atoms with Gasteiger partial charge in [-0.2, -0.15) is 0 Å². The molecule has 2 aromatic rings. The lowest BCUT2D eigenvalue weighted by Gasteiger charge is -2.09. The van der Waals surface area contributed by atoms with Crippen molar-refractivity contribution in [3.63, 3.8) is 0 Å². The molecule has 2 aromatic carbocycles. The van der Waals surface area contributed by atoms with Crippen molar-refractivity contribution in [1.29, 1.82) is 0 Å². The Bertz CT molecular complexity index is 587. The van der Waals surface area contributed by atoms with Crippen molar-refractivity contribution < 1.29 is 4.74 Å². The van der Waals surface area contributed by atoms with Gasteiger partial charge in [-0.25, -0.2) is 0 Å². The molecule has 4 heteroatoms. The molecule has 25 heavy (non-hydrogen) atoms. The predicted octanol–water partition coefficient (Wildman–Crippen LogP) is 6.40. The topological polar surface area (TPSA) is 21.3 Å². The Balaban J connectivity index is 0.00000312. The van der Waals surface area contributed by atoms with E-state index in [1.165, 1.54) is 37.7 Å². The minimum absolute atomic E-state index is 0. The van der Waals surface area contributed by atoms with E-state index in [-0.39, 0.29) is 12.4 Å². The SMILES string of the molecule is CCCCCCCNCc1cccc(OCc2ccc(Cl)cc2)c1.Cl. The number of benzene rings is 2. The summed E-state index contributed by atoms with van der Waals surface area (Å²) in [5.41, 5.74) is 2.38. The van der Waals surface area contributed by atoms with Crippen LogP contribution in [0.15, 0.2) is 48.5 Å². The predicted molar refractivity (Wildman–Crippen MR) is 110 cm³/mol. The highest BCUT2D eigenvalue weighted by molar-refractivity contribution is 6.30. The van der Waals surface area contributed by atoms with Crippen molar-refractivity contribution in [1.82, 2.24) is 5.32 Å². The largest absolute Gasteiger partial charge is 0.489 e. The maximum absolute atomic E-state index is 5.90. The lowest BCUT2D eigenvalue weighted by molar-refractivity contribution is 0.306. The molecule has 0 bridgehead atoms. The first-order valence-electron chi connectivity index (χ1n) is 8.95. The second-order valence-electron chi connectivity index (χ2n) is 6.15. The van der Waals surface area contributed by atoms with Crippen LogP contribution in [0.1, 0.15) is 50.2 Å². The normalized spacial score (nSPS) is 10.3. The fourth-order valence-electron chi connectivity index (χ4n) is 2.58. The molecular weight excluding hydrogens is 353 g/mol. The molecule has 0 radical (unpaired) electrons. The third-order valence-electron chi connectivity index (χ3n) is 4.00. The van der Waals surface area contributed by atoms with Crippen molar-refractivity contribution in [2.24, 2.45) is 0 Å². The van der Waals surface area contributed by atoms with Crippen molar-refractivity contribution in [2.75, 3.05) is 6.54 Å². The number of ether oxygens (including phenoxy) is 1. The summed E-state index contributed by atoms with van der Waals surface area (Å²) in [6, 6.07) is 16.1. The van der Waals surface area contributed by atoms with Crippen molar-refractivity contribution in [3.05, 3.63) is 64.7 Å². The monoisotopic (exact) mass is 381 g/mol. The van der Waals surface area contributed by atoms with Crippen LogP contribution in [-0.2, 0) is 13.2 Å². The van der Waals surface area contributed by atoms with Crippen LogP contribution in [-0.4, -0.2) is 6.54 Å². The smallest absolute Gasteiger partial charge is 0.120 e. The summed E-state index contributed by atoms with van der Waals surface area (Å²) in [5, 5.41) is 4.27. The summed E-state index contributed by atoms with van der Waals surface area (Å²) in [4.78, 5) is 0. The zero-order valence-corrected chi connectivity index (χ0v) is 16.5. The number of hydrogen-bond acceptors (Lipinski definition) is 2. The van der Waals surface area contributed by atoms with Gasteiger partial charge in [0.05, 0.1) is 0 Å². The molecule has 0 atom stereocenters. The molecule has 0 aliphatic rings. The Morgan fingerprint density at radius 1 is 0.920 bits per heavy atom. The molecule has 2 nitrogen and oxygen atoms in total. The molecule has 2 rings (SSSR count). The van der Waals surface area contributed by atoms with E-state index >= 15 is 0 Å². The second-order valence-corrected chi connectivity index (χ2v) is 6.59. The number of rotatable bonds is 11. The molecule has 0 unspecified atom stereocenters. The number of halogens is 2. The van der Waals surface area contributed by atoms with Crippen LogP contribution in [0.2, 0.25) is 5.02 Å². The van der Waals surface area contributed by atoms with Crippen LogP contribution in [0.4, 0.5) is 0 Å². The maximum atomic E-state index is 5.90. The van der Waals surface area contributed by atoms with E-state index in [4.69, 9.17) is 16.3 Å². The van der Waals surface area contributed by atoms with Crippen LogP contribution >= 0.6 is 24.0 Å². The maximum Gasteiger partial charge on any atom is 0.120 e. The van der Waals surface area contributed by atoms with E-state index in [0.29, 0.717) is 6.61 Å². The summed E-state index contributed by atoms with van der Waals surface area (Å²) in [6.45, 7) is 4.79. The average Bonchev–Trinajstić information content (AvgIpc) is 2.61. The second kappa shape index (κ2) is 13.0. The van der Waals surface area contributed by atoms with E-state index in [2.05, 4.69) is 30.4 Å². The molecular formula is C21H29Cl2NO. The number of hydrogen-bond donors (Lipinski definition) is 1. The van der Waals surface area contributed by atoms with Crippen LogP contribution in [0.5, 0.6) is 5.75 Å². The van der Waals surface area contributed by atoms with Gasteiger partial charge in [0, 0.05) is 11.6 Å². The lowest BCUT2D eigenvalue weighted by atomic mass is 10.1.